The van der Waals surface area contributed by atoms with E-state index >= 15 is 4.39 Å². The third-order valence-corrected chi connectivity index (χ3v) is 8.44. The van der Waals surface area contributed by atoms with Gasteiger partial charge in [0.25, 0.3) is 5.91 Å². The van der Waals surface area contributed by atoms with Crippen LogP contribution in [0.15, 0.2) is 53.5 Å². The Balaban J connectivity index is 1.42. The zero-order chi connectivity index (χ0) is 27.4. The minimum absolute atomic E-state index is 0.00557. The van der Waals surface area contributed by atoms with Gasteiger partial charge in [0, 0.05) is 31.9 Å². The van der Waals surface area contributed by atoms with E-state index in [1.807, 2.05) is 41.0 Å². The van der Waals surface area contributed by atoms with E-state index in [1.54, 1.807) is 11.1 Å². The van der Waals surface area contributed by atoms with Crippen molar-refractivity contribution in [2.45, 2.75) is 25.8 Å². The number of fused-ring (bicyclic) bond motifs is 3. The highest BCUT2D eigenvalue weighted by Gasteiger charge is 2.31. The number of morpholine rings is 1. The number of carbonyl (C=O) groups is 1. The second kappa shape index (κ2) is 9.91. The summed E-state index contributed by atoms with van der Waals surface area (Å²) < 4.78 is 29.5. The summed E-state index contributed by atoms with van der Waals surface area (Å²) in [5.41, 5.74) is 0.877. The van der Waals surface area contributed by atoms with E-state index in [2.05, 4.69) is 17.1 Å². The number of amides is 1. The molecule has 8 nitrogen and oxygen atoms in total. The maximum Gasteiger partial charge on any atom is 0.259 e. The molecule has 2 saturated heterocycles. The molecule has 0 saturated carbocycles. The first-order valence-electron chi connectivity index (χ1n) is 14.0. The standard InChI is InChI=1S/C31H31FN4O4/c1-2-34-9-5-8-21(34)17-33-27-24(32)16-22-28-30(27)40-26-15-20-7-4-3-6-19(20)14-25(26)36(28)18-23(29(22)37)31(38)35-10-12-39-13-11-35/h3-4,6-7,14-16,18,21,33H,2,5,8-13,17H2,1H3/t21-/m1/s1. The van der Waals surface area contributed by atoms with Gasteiger partial charge in [0.05, 0.1) is 24.3 Å². The van der Waals surface area contributed by atoms with Gasteiger partial charge in [-0.2, -0.15) is 0 Å². The zero-order valence-corrected chi connectivity index (χ0v) is 22.4. The van der Waals surface area contributed by atoms with Crippen LogP contribution in [0.25, 0.3) is 27.4 Å². The van der Waals surface area contributed by atoms with Crippen molar-refractivity contribution >= 4 is 33.3 Å². The van der Waals surface area contributed by atoms with Crippen LogP contribution in [0.2, 0.25) is 0 Å². The smallest absolute Gasteiger partial charge is 0.259 e. The number of nitrogens with one attached hydrogen (secondary N) is 1. The summed E-state index contributed by atoms with van der Waals surface area (Å²) in [6.45, 7) is 6.31. The van der Waals surface area contributed by atoms with Crippen LogP contribution in [0, 0.1) is 5.82 Å². The van der Waals surface area contributed by atoms with Crippen LogP contribution in [0.4, 0.5) is 10.1 Å². The van der Waals surface area contributed by atoms with E-state index in [9.17, 15) is 9.59 Å². The normalized spacial score (nSPS) is 18.6. The van der Waals surface area contributed by atoms with Crippen molar-refractivity contribution in [2.75, 3.05) is 51.3 Å². The minimum Gasteiger partial charge on any atom is -0.451 e. The van der Waals surface area contributed by atoms with Gasteiger partial charge in [-0.05, 0) is 54.9 Å². The molecule has 0 unspecified atom stereocenters. The van der Waals surface area contributed by atoms with Crippen molar-refractivity contribution in [1.82, 2.24) is 14.4 Å². The molecule has 0 spiro atoms. The van der Waals surface area contributed by atoms with Crippen molar-refractivity contribution in [3.05, 3.63) is 70.3 Å². The van der Waals surface area contributed by atoms with Crippen molar-refractivity contribution in [1.29, 1.82) is 0 Å². The van der Waals surface area contributed by atoms with E-state index in [0.717, 1.165) is 36.7 Å². The fraction of sp³-hybridized carbons (Fsp3) is 0.355. The molecule has 1 atom stereocenters. The summed E-state index contributed by atoms with van der Waals surface area (Å²) in [4.78, 5) is 31.3. The van der Waals surface area contributed by atoms with Gasteiger partial charge < -0.3 is 24.3 Å². The molecule has 3 aliphatic heterocycles. The monoisotopic (exact) mass is 542 g/mol. The maximum absolute atomic E-state index is 15.9. The molecule has 206 valence electrons. The lowest BCUT2D eigenvalue weighted by Gasteiger charge is -2.29. The molecule has 2 fully saturated rings. The Bertz CT molecular complexity index is 1710. The lowest BCUT2D eigenvalue weighted by Crippen LogP contribution is -2.42. The summed E-state index contributed by atoms with van der Waals surface area (Å²) in [7, 11) is 0. The molecule has 0 aliphatic carbocycles. The number of halogens is 1. The lowest BCUT2D eigenvalue weighted by atomic mass is 10.0. The van der Waals surface area contributed by atoms with Gasteiger partial charge in [0.2, 0.25) is 5.43 Å². The Labute approximate surface area is 230 Å². The van der Waals surface area contributed by atoms with Gasteiger partial charge >= 0.3 is 0 Å². The molecule has 4 heterocycles. The Morgan fingerprint density at radius 2 is 1.88 bits per heavy atom. The Morgan fingerprint density at radius 3 is 2.65 bits per heavy atom. The van der Waals surface area contributed by atoms with Gasteiger partial charge in [-0.15, -0.1) is 0 Å². The molecule has 1 amide bonds. The third kappa shape index (κ3) is 4.03. The van der Waals surface area contributed by atoms with Crippen LogP contribution in [-0.2, 0) is 4.74 Å². The predicted molar refractivity (Wildman–Crippen MR) is 153 cm³/mol. The van der Waals surface area contributed by atoms with Crippen LogP contribution >= 0.6 is 0 Å². The Morgan fingerprint density at radius 1 is 1.10 bits per heavy atom. The molecular formula is C31H31FN4O4. The van der Waals surface area contributed by atoms with Crippen molar-refractivity contribution in [2.24, 2.45) is 0 Å². The number of carbonyl (C=O) groups excluding carboxylic acids is 1. The summed E-state index contributed by atoms with van der Waals surface area (Å²) in [6.07, 6.45) is 3.75. The molecular weight excluding hydrogens is 511 g/mol. The highest BCUT2D eigenvalue weighted by Crippen LogP contribution is 2.46. The zero-order valence-electron chi connectivity index (χ0n) is 22.4. The number of hydrogen-bond donors (Lipinski definition) is 1. The van der Waals surface area contributed by atoms with Gasteiger partial charge in [-0.3, -0.25) is 14.5 Å². The molecule has 1 N–H and O–H groups in total. The number of benzene rings is 3. The van der Waals surface area contributed by atoms with Crippen LogP contribution < -0.4 is 15.5 Å². The molecule has 1 aromatic heterocycles. The molecule has 9 heteroatoms. The highest BCUT2D eigenvalue weighted by atomic mass is 19.1. The van der Waals surface area contributed by atoms with Crippen molar-refractivity contribution in [3.8, 4) is 17.2 Å². The molecule has 0 bridgehead atoms. The number of likely N-dealkylation sites (N-methyl/N-ethyl adjacent to an activating group) is 1. The minimum atomic E-state index is -0.576. The first-order valence-corrected chi connectivity index (χ1v) is 14.0. The molecule has 40 heavy (non-hydrogen) atoms. The van der Waals surface area contributed by atoms with Crippen LogP contribution in [-0.4, -0.2) is 72.3 Å². The summed E-state index contributed by atoms with van der Waals surface area (Å²) >= 11 is 0. The largest absolute Gasteiger partial charge is 0.451 e. The van der Waals surface area contributed by atoms with E-state index in [1.165, 1.54) is 6.07 Å². The number of hydrogen-bond acceptors (Lipinski definition) is 6. The van der Waals surface area contributed by atoms with Gasteiger partial charge in [-0.1, -0.05) is 31.2 Å². The number of rotatable bonds is 5. The van der Waals surface area contributed by atoms with Crippen LogP contribution in [0.3, 0.4) is 0 Å². The third-order valence-electron chi connectivity index (χ3n) is 8.44. The van der Waals surface area contributed by atoms with E-state index in [0.29, 0.717) is 55.8 Å². The number of nitrogens with zero attached hydrogens (tertiary/aromatic N) is 3. The van der Waals surface area contributed by atoms with Gasteiger partial charge in [0.1, 0.15) is 16.8 Å². The first kappa shape index (κ1) is 25.0. The SMILES string of the molecule is CCN1CCC[C@@H]1CNc1c(F)cc2c(=O)c(C(=O)N3CCOCC3)cn3c2c1Oc1cc2ccccc2cc1-3. The summed E-state index contributed by atoms with van der Waals surface area (Å²) in [5.74, 6) is -0.155. The first-order chi connectivity index (χ1) is 19.5. The number of likely N-dealkylation sites (tertiary alicyclic amines) is 1. The molecule has 3 aliphatic rings. The van der Waals surface area contributed by atoms with E-state index in [4.69, 9.17) is 9.47 Å². The quantitative estimate of drug-likeness (QED) is 0.345. The van der Waals surface area contributed by atoms with E-state index < -0.39 is 11.2 Å². The molecule has 3 aromatic carbocycles. The van der Waals surface area contributed by atoms with E-state index in [-0.39, 0.29) is 28.3 Å². The average molecular weight is 543 g/mol. The highest BCUT2D eigenvalue weighted by molar-refractivity contribution is 6.02. The fourth-order valence-corrected chi connectivity index (χ4v) is 6.32. The second-order valence-corrected chi connectivity index (χ2v) is 10.7. The van der Waals surface area contributed by atoms with Crippen molar-refractivity contribution in [3.63, 3.8) is 0 Å². The summed E-state index contributed by atoms with van der Waals surface area (Å²) in [6, 6.07) is 13.4. The summed E-state index contributed by atoms with van der Waals surface area (Å²) in [5, 5.41) is 5.40. The van der Waals surface area contributed by atoms with Crippen LogP contribution in [0.5, 0.6) is 11.5 Å². The predicted octanol–water partition coefficient (Wildman–Crippen LogP) is 4.76. The number of aromatic nitrogens is 1. The number of anilines is 1. The number of pyridine rings is 1. The van der Waals surface area contributed by atoms with Crippen molar-refractivity contribution < 1.29 is 18.7 Å². The van der Waals surface area contributed by atoms with Gasteiger partial charge in [0.15, 0.2) is 17.3 Å². The number of ether oxygens (including phenoxy) is 2. The molecule has 4 aromatic rings. The second-order valence-electron chi connectivity index (χ2n) is 10.7. The average Bonchev–Trinajstić information content (AvgIpc) is 3.45. The lowest BCUT2D eigenvalue weighted by molar-refractivity contribution is 0.0302. The topological polar surface area (TPSA) is 76.0 Å². The Kier molecular flexibility index (Phi) is 6.20. The molecule has 0 radical (unpaired) electrons. The van der Waals surface area contributed by atoms with Crippen LogP contribution in [0.1, 0.15) is 30.1 Å². The van der Waals surface area contributed by atoms with Gasteiger partial charge in [-0.25, -0.2) is 4.39 Å². The maximum atomic E-state index is 15.9. The Hall–Kier alpha value is -3.95. The molecule has 7 rings (SSSR count). The fourth-order valence-electron chi connectivity index (χ4n) is 6.32.